The monoisotopic (exact) mass is 383 g/mol. The molecule has 4 rings (SSSR count). The van der Waals surface area contributed by atoms with Gasteiger partial charge in [0.1, 0.15) is 11.9 Å². The van der Waals surface area contributed by atoms with Gasteiger partial charge in [0.05, 0.1) is 4.90 Å². The molecule has 2 aromatic carbocycles. The van der Waals surface area contributed by atoms with E-state index < -0.39 is 16.1 Å². The average molecular weight is 383 g/mol. The molecule has 7 heteroatoms. The number of likely N-dealkylation sites (tertiary alicyclic amines) is 1. The molecule has 2 heterocycles. The molecule has 1 N–H and O–H groups in total. The van der Waals surface area contributed by atoms with Crippen molar-refractivity contribution in [1.82, 2.24) is 9.62 Å². The summed E-state index contributed by atoms with van der Waals surface area (Å²) in [7, 11) is -3.58. The number of sulfonamides is 1. The number of fused-ring (bicyclic) bond motifs is 1. The highest BCUT2D eigenvalue weighted by Gasteiger charge is 2.35. The lowest BCUT2D eigenvalue weighted by Crippen LogP contribution is -2.31. The minimum atomic E-state index is -3.58. The number of carbonyl (C=O) groups is 1. The molecule has 0 aromatic heterocycles. The molecule has 6 nitrogen and oxygen atoms in total. The van der Waals surface area contributed by atoms with Gasteiger partial charge in [0.15, 0.2) is 0 Å². The Bertz CT molecular complexity index is 987. The molecule has 27 heavy (non-hydrogen) atoms. The van der Waals surface area contributed by atoms with Crippen LogP contribution in [-0.2, 0) is 21.2 Å². The number of aryl methyl sites for hydroxylation is 1. The van der Waals surface area contributed by atoms with Crippen LogP contribution in [0.3, 0.4) is 0 Å². The number of amides is 1. The molecule has 1 amide bonds. The van der Waals surface area contributed by atoms with Gasteiger partial charge in [0.25, 0.3) is 10.0 Å². The predicted octanol–water partition coefficient (Wildman–Crippen LogP) is 1.96. The van der Waals surface area contributed by atoms with E-state index in [1.165, 1.54) is 5.56 Å². The Morgan fingerprint density at radius 2 is 1.81 bits per heavy atom. The van der Waals surface area contributed by atoms with Gasteiger partial charge in [-0.3, -0.25) is 14.5 Å². The van der Waals surface area contributed by atoms with Gasteiger partial charge in [-0.1, -0.05) is 42.5 Å². The van der Waals surface area contributed by atoms with Crippen LogP contribution in [0.2, 0.25) is 0 Å². The first-order chi connectivity index (χ1) is 13.0. The molecule has 0 saturated carbocycles. The molecule has 0 spiro atoms. The quantitative estimate of drug-likeness (QED) is 0.857. The number of nitrogens with one attached hydrogen (secondary N) is 1. The zero-order valence-electron chi connectivity index (χ0n) is 14.8. The van der Waals surface area contributed by atoms with Gasteiger partial charge in [-0.05, 0) is 37.0 Å². The minimum absolute atomic E-state index is 0.0286. The van der Waals surface area contributed by atoms with Crippen LogP contribution in [0.15, 0.2) is 64.5 Å². The number of rotatable bonds is 5. The van der Waals surface area contributed by atoms with Crippen LogP contribution >= 0.6 is 0 Å². The highest BCUT2D eigenvalue weighted by molar-refractivity contribution is 7.90. The second-order valence-corrected chi connectivity index (χ2v) is 8.45. The second kappa shape index (κ2) is 7.15. The van der Waals surface area contributed by atoms with Crippen LogP contribution in [0.5, 0.6) is 0 Å². The molecule has 2 aliphatic rings. The third kappa shape index (κ3) is 3.60. The normalized spacial score (nSPS) is 22.1. The lowest BCUT2D eigenvalue weighted by atomic mass is 10.1. The van der Waals surface area contributed by atoms with Crippen LogP contribution in [-0.4, -0.2) is 44.2 Å². The highest BCUT2D eigenvalue weighted by Crippen LogP contribution is 2.24. The van der Waals surface area contributed by atoms with Crippen LogP contribution < -0.4 is 4.72 Å². The fraction of sp³-hybridized carbons (Fsp3) is 0.300. The SMILES string of the molecule is O=C1C(N=C2NS(=O)(=O)c3ccccc32)CCN1CCCc1ccccc1. The summed E-state index contributed by atoms with van der Waals surface area (Å²) in [5.74, 6) is 0.245. The van der Waals surface area contributed by atoms with Crippen molar-refractivity contribution >= 4 is 21.8 Å². The number of benzene rings is 2. The van der Waals surface area contributed by atoms with Crippen molar-refractivity contribution in [2.75, 3.05) is 13.1 Å². The Labute approximate surface area is 159 Å². The van der Waals surface area contributed by atoms with E-state index in [4.69, 9.17) is 0 Å². The van der Waals surface area contributed by atoms with Crippen molar-refractivity contribution in [1.29, 1.82) is 0 Å². The van der Waals surface area contributed by atoms with E-state index in [0.717, 1.165) is 12.8 Å². The first-order valence-corrected chi connectivity index (χ1v) is 10.6. The van der Waals surface area contributed by atoms with E-state index in [1.807, 2.05) is 23.1 Å². The molecule has 1 atom stereocenters. The van der Waals surface area contributed by atoms with E-state index in [2.05, 4.69) is 21.8 Å². The molecule has 2 aromatic rings. The Morgan fingerprint density at radius 3 is 2.63 bits per heavy atom. The van der Waals surface area contributed by atoms with Gasteiger partial charge in [0.2, 0.25) is 5.91 Å². The zero-order chi connectivity index (χ0) is 18.9. The minimum Gasteiger partial charge on any atom is -0.341 e. The maximum atomic E-state index is 12.7. The van der Waals surface area contributed by atoms with Crippen molar-refractivity contribution in [3.8, 4) is 0 Å². The highest BCUT2D eigenvalue weighted by atomic mass is 32.2. The fourth-order valence-corrected chi connectivity index (χ4v) is 4.81. The van der Waals surface area contributed by atoms with Gasteiger partial charge in [0, 0.05) is 18.7 Å². The molecule has 1 saturated heterocycles. The van der Waals surface area contributed by atoms with E-state index in [9.17, 15) is 13.2 Å². The molecule has 0 bridgehead atoms. The summed E-state index contributed by atoms with van der Waals surface area (Å²) in [6, 6.07) is 16.4. The van der Waals surface area contributed by atoms with Crippen molar-refractivity contribution in [2.24, 2.45) is 4.99 Å². The van der Waals surface area contributed by atoms with Crippen molar-refractivity contribution < 1.29 is 13.2 Å². The van der Waals surface area contributed by atoms with E-state index >= 15 is 0 Å². The van der Waals surface area contributed by atoms with Crippen molar-refractivity contribution in [2.45, 2.75) is 30.2 Å². The number of carbonyl (C=O) groups excluding carboxylic acids is 1. The Kier molecular flexibility index (Phi) is 4.70. The van der Waals surface area contributed by atoms with Gasteiger partial charge < -0.3 is 4.90 Å². The molecule has 1 unspecified atom stereocenters. The first kappa shape index (κ1) is 17.7. The Hall–Kier alpha value is -2.67. The standard InChI is InChI=1S/C20H21N3O3S/c24-20-17(12-14-23(20)13-6-9-15-7-2-1-3-8-15)21-19-16-10-4-5-11-18(16)27(25,26)22-19/h1-5,7-8,10-11,17H,6,9,12-14H2,(H,21,22). The Morgan fingerprint density at radius 1 is 1.07 bits per heavy atom. The number of nitrogens with zero attached hydrogens (tertiary/aromatic N) is 2. The molecule has 140 valence electrons. The van der Waals surface area contributed by atoms with Crippen LogP contribution in [0.25, 0.3) is 0 Å². The molecule has 0 aliphatic carbocycles. The summed E-state index contributed by atoms with van der Waals surface area (Å²) < 4.78 is 26.8. The topological polar surface area (TPSA) is 78.8 Å². The summed E-state index contributed by atoms with van der Waals surface area (Å²) >= 11 is 0. The van der Waals surface area contributed by atoms with E-state index in [-0.39, 0.29) is 16.6 Å². The first-order valence-electron chi connectivity index (χ1n) is 9.07. The third-order valence-corrected chi connectivity index (χ3v) is 6.35. The third-order valence-electron chi connectivity index (χ3n) is 4.95. The lowest BCUT2D eigenvalue weighted by Gasteiger charge is -2.15. The van der Waals surface area contributed by atoms with Gasteiger partial charge in [-0.15, -0.1) is 0 Å². The van der Waals surface area contributed by atoms with Crippen molar-refractivity contribution in [3.63, 3.8) is 0 Å². The van der Waals surface area contributed by atoms with Crippen LogP contribution in [0, 0.1) is 0 Å². The van der Waals surface area contributed by atoms with Gasteiger partial charge in [-0.25, -0.2) is 8.42 Å². The molecular formula is C20H21N3O3S. The summed E-state index contributed by atoms with van der Waals surface area (Å²) in [6.45, 7) is 1.35. The maximum absolute atomic E-state index is 12.7. The van der Waals surface area contributed by atoms with Crippen molar-refractivity contribution in [3.05, 3.63) is 65.7 Å². The van der Waals surface area contributed by atoms with E-state index in [0.29, 0.717) is 25.1 Å². The average Bonchev–Trinajstić information content (AvgIpc) is 3.14. The van der Waals surface area contributed by atoms with E-state index in [1.54, 1.807) is 24.3 Å². The summed E-state index contributed by atoms with van der Waals surface area (Å²) in [4.78, 5) is 19.1. The predicted molar refractivity (Wildman–Crippen MR) is 103 cm³/mol. The number of aliphatic imine (C=N–C) groups is 1. The van der Waals surface area contributed by atoms with Crippen LogP contribution in [0.4, 0.5) is 0 Å². The maximum Gasteiger partial charge on any atom is 0.263 e. The summed E-state index contributed by atoms with van der Waals surface area (Å²) in [6.07, 6.45) is 2.43. The van der Waals surface area contributed by atoms with Gasteiger partial charge in [-0.2, -0.15) is 0 Å². The number of amidine groups is 1. The molecular weight excluding hydrogens is 362 g/mol. The smallest absolute Gasteiger partial charge is 0.263 e. The number of hydrogen-bond acceptors (Lipinski definition) is 4. The zero-order valence-corrected chi connectivity index (χ0v) is 15.7. The summed E-state index contributed by atoms with van der Waals surface area (Å²) in [5, 5.41) is 0. The molecule has 0 radical (unpaired) electrons. The fourth-order valence-electron chi connectivity index (χ4n) is 3.57. The number of hydrogen-bond donors (Lipinski definition) is 1. The Balaban J connectivity index is 1.42. The van der Waals surface area contributed by atoms with Crippen LogP contribution in [0.1, 0.15) is 24.0 Å². The van der Waals surface area contributed by atoms with Gasteiger partial charge >= 0.3 is 0 Å². The molecule has 1 fully saturated rings. The lowest BCUT2D eigenvalue weighted by molar-refractivity contribution is -0.128. The molecule has 2 aliphatic heterocycles. The largest absolute Gasteiger partial charge is 0.341 e. The second-order valence-electron chi connectivity index (χ2n) is 6.80. The summed E-state index contributed by atoms with van der Waals surface area (Å²) in [5.41, 5.74) is 1.80.